The molecule has 0 spiro atoms. The Morgan fingerprint density at radius 3 is 2.59 bits per heavy atom. The van der Waals surface area contributed by atoms with E-state index in [4.69, 9.17) is 4.74 Å². The molecule has 1 aromatic rings. The predicted molar refractivity (Wildman–Crippen MR) is 88.4 cm³/mol. The van der Waals surface area contributed by atoms with Gasteiger partial charge < -0.3 is 10.1 Å². The highest BCUT2D eigenvalue weighted by Gasteiger charge is 2.23. The lowest BCUT2D eigenvalue weighted by Gasteiger charge is -2.29. The van der Waals surface area contributed by atoms with E-state index < -0.39 is 0 Å². The summed E-state index contributed by atoms with van der Waals surface area (Å²) in [5, 5.41) is 2.97. The Morgan fingerprint density at radius 2 is 1.91 bits per heavy atom. The van der Waals surface area contributed by atoms with Crippen LogP contribution in [0.4, 0.5) is 0 Å². The third-order valence-electron chi connectivity index (χ3n) is 4.08. The number of amides is 1. The van der Waals surface area contributed by atoms with Crippen LogP contribution < -0.4 is 5.32 Å². The smallest absolute Gasteiger partial charge is 0.310 e. The first kappa shape index (κ1) is 17.0. The zero-order valence-corrected chi connectivity index (χ0v) is 14.4. The van der Waals surface area contributed by atoms with Crippen molar-refractivity contribution in [1.29, 1.82) is 0 Å². The van der Waals surface area contributed by atoms with Crippen molar-refractivity contribution in [3.05, 3.63) is 34.3 Å². The van der Waals surface area contributed by atoms with Crippen LogP contribution in [0.3, 0.4) is 0 Å². The van der Waals surface area contributed by atoms with E-state index in [9.17, 15) is 9.59 Å². The summed E-state index contributed by atoms with van der Waals surface area (Å²) >= 11 is 3.34. The average molecular weight is 368 g/mol. The van der Waals surface area contributed by atoms with E-state index in [1.165, 1.54) is 6.42 Å². The van der Waals surface area contributed by atoms with E-state index in [0.29, 0.717) is 5.92 Å². The van der Waals surface area contributed by atoms with Gasteiger partial charge in [0.1, 0.15) is 0 Å². The van der Waals surface area contributed by atoms with Gasteiger partial charge in [-0.3, -0.25) is 9.59 Å². The van der Waals surface area contributed by atoms with Crippen molar-refractivity contribution in [2.45, 2.75) is 45.1 Å². The van der Waals surface area contributed by atoms with Gasteiger partial charge in [-0.1, -0.05) is 47.8 Å². The van der Waals surface area contributed by atoms with Gasteiger partial charge in [-0.2, -0.15) is 0 Å². The molecule has 0 aliphatic heterocycles. The van der Waals surface area contributed by atoms with Crippen molar-refractivity contribution in [2.24, 2.45) is 5.92 Å². The van der Waals surface area contributed by atoms with E-state index in [1.807, 2.05) is 24.3 Å². The summed E-state index contributed by atoms with van der Waals surface area (Å²) in [4.78, 5) is 23.6. The Labute approximate surface area is 139 Å². The molecule has 1 aliphatic carbocycles. The minimum atomic E-state index is -0.380. The molecule has 0 aromatic heterocycles. The standard InChI is InChI=1S/C17H22BrNO3/c1-12-4-2-3-5-15(12)19-16(20)11-22-17(21)10-13-6-8-14(18)9-7-13/h6-9,12,15H,2-5,10-11H2,1H3,(H,19,20)/t12-,15-/m0/s1. The molecule has 4 nitrogen and oxygen atoms in total. The van der Waals surface area contributed by atoms with Crippen molar-refractivity contribution in [3.8, 4) is 0 Å². The summed E-state index contributed by atoms with van der Waals surface area (Å²) in [5.74, 6) is -0.0896. The van der Waals surface area contributed by atoms with Gasteiger partial charge in [0.2, 0.25) is 0 Å². The molecule has 2 atom stereocenters. The molecule has 0 heterocycles. The molecule has 1 aliphatic rings. The first-order chi connectivity index (χ1) is 10.5. The van der Waals surface area contributed by atoms with E-state index in [1.54, 1.807) is 0 Å². The van der Waals surface area contributed by atoms with Crippen LogP contribution in [-0.4, -0.2) is 24.5 Å². The fraction of sp³-hybridized carbons (Fsp3) is 0.529. The Morgan fingerprint density at radius 1 is 1.23 bits per heavy atom. The Balaban J connectivity index is 1.71. The van der Waals surface area contributed by atoms with Gasteiger partial charge in [-0.25, -0.2) is 0 Å². The fourth-order valence-corrected chi connectivity index (χ4v) is 3.01. The third-order valence-corrected chi connectivity index (χ3v) is 4.61. The van der Waals surface area contributed by atoms with Gasteiger partial charge in [-0.15, -0.1) is 0 Å². The quantitative estimate of drug-likeness (QED) is 0.812. The topological polar surface area (TPSA) is 55.4 Å². The second-order valence-corrected chi connectivity index (χ2v) is 6.82. The molecular weight excluding hydrogens is 346 g/mol. The highest BCUT2D eigenvalue weighted by atomic mass is 79.9. The van der Waals surface area contributed by atoms with E-state index in [0.717, 1.165) is 29.3 Å². The molecule has 1 aromatic carbocycles. The first-order valence-corrected chi connectivity index (χ1v) is 8.53. The minimum absolute atomic E-state index is 0.181. The molecule has 0 radical (unpaired) electrons. The average Bonchev–Trinajstić information content (AvgIpc) is 2.50. The molecule has 120 valence electrons. The predicted octanol–water partition coefficient (Wildman–Crippen LogP) is 3.23. The summed E-state index contributed by atoms with van der Waals surface area (Å²) in [5.41, 5.74) is 0.870. The number of ether oxygens (including phenoxy) is 1. The molecule has 2 rings (SSSR count). The number of carbonyl (C=O) groups excluding carboxylic acids is 2. The molecule has 0 bridgehead atoms. The monoisotopic (exact) mass is 367 g/mol. The summed E-state index contributed by atoms with van der Waals surface area (Å²) in [7, 11) is 0. The minimum Gasteiger partial charge on any atom is -0.455 e. The van der Waals surface area contributed by atoms with E-state index in [2.05, 4.69) is 28.2 Å². The SMILES string of the molecule is C[C@H]1CCCC[C@@H]1NC(=O)COC(=O)Cc1ccc(Br)cc1. The van der Waals surface area contributed by atoms with Crippen LogP contribution in [0.1, 0.15) is 38.2 Å². The van der Waals surface area contributed by atoms with Crippen molar-refractivity contribution in [3.63, 3.8) is 0 Å². The van der Waals surface area contributed by atoms with Crippen molar-refractivity contribution >= 4 is 27.8 Å². The second-order valence-electron chi connectivity index (χ2n) is 5.90. The normalized spacial score (nSPS) is 21.2. The molecule has 1 amide bonds. The second kappa shape index (κ2) is 8.32. The van der Waals surface area contributed by atoms with Gasteiger partial charge in [0.25, 0.3) is 5.91 Å². The summed E-state index contributed by atoms with van der Waals surface area (Å²) < 4.78 is 6.02. The number of halogens is 1. The van der Waals surface area contributed by atoms with Crippen LogP contribution >= 0.6 is 15.9 Å². The molecule has 1 saturated carbocycles. The Kier molecular flexibility index (Phi) is 6.43. The van der Waals surface area contributed by atoms with Crippen LogP contribution in [0, 0.1) is 5.92 Å². The van der Waals surface area contributed by atoms with Gasteiger partial charge in [-0.05, 0) is 36.5 Å². The first-order valence-electron chi connectivity index (χ1n) is 7.74. The lowest BCUT2D eigenvalue weighted by atomic mass is 9.86. The van der Waals surface area contributed by atoms with E-state index >= 15 is 0 Å². The van der Waals surface area contributed by atoms with Crippen LogP contribution in [0.25, 0.3) is 0 Å². The number of carbonyl (C=O) groups is 2. The maximum atomic E-state index is 11.9. The number of hydrogen-bond donors (Lipinski definition) is 1. The zero-order chi connectivity index (χ0) is 15.9. The Hall–Kier alpha value is -1.36. The molecule has 0 saturated heterocycles. The van der Waals surface area contributed by atoms with E-state index in [-0.39, 0.29) is 30.9 Å². The van der Waals surface area contributed by atoms with Gasteiger partial charge >= 0.3 is 5.97 Å². The van der Waals surface area contributed by atoms with Gasteiger partial charge in [0.05, 0.1) is 6.42 Å². The van der Waals surface area contributed by atoms with Crippen molar-refractivity contribution in [1.82, 2.24) is 5.32 Å². The molecule has 22 heavy (non-hydrogen) atoms. The summed E-state index contributed by atoms with van der Waals surface area (Å²) in [6.07, 6.45) is 4.72. The molecular formula is C17H22BrNO3. The van der Waals surface area contributed by atoms with Crippen LogP contribution in [0.2, 0.25) is 0 Å². The number of hydrogen-bond acceptors (Lipinski definition) is 3. The molecule has 1 fully saturated rings. The number of esters is 1. The maximum absolute atomic E-state index is 11.9. The van der Waals surface area contributed by atoms with Crippen LogP contribution in [0.5, 0.6) is 0 Å². The summed E-state index contributed by atoms with van der Waals surface area (Å²) in [6.45, 7) is 1.96. The summed E-state index contributed by atoms with van der Waals surface area (Å²) in [6, 6.07) is 7.68. The highest BCUT2D eigenvalue weighted by molar-refractivity contribution is 9.10. The third kappa shape index (κ3) is 5.44. The fourth-order valence-electron chi connectivity index (χ4n) is 2.75. The highest BCUT2D eigenvalue weighted by Crippen LogP contribution is 2.23. The zero-order valence-electron chi connectivity index (χ0n) is 12.8. The van der Waals surface area contributed by atoms with Crippen molar-refractivity contribution < 1.29 is 14.3 Å². The maximum Gasteiger partial charge on any atom is 0.310 e. The number of benzene rings is 1. The Bertz CT molecular complexity index is 515. The lowest BCUT2D eigenvalue weighted by Crippen LogP contribution is -2.42. The molecule has 5 heteroatoms. The number of nitrogens with one attached hydrogen (secondary N) is 1. The van der Waals surface area contributed by atoms with Gasteiger partial charge in [0.15, 0.2) is 6.61 Å². The van der Waals surface area contributed by atoms with Gasteiger partial charge in [0, 0.05) is 10.5 Å². The van der Waals surface area contributed by atoms with Crippen LogP contribution in [0.15, 0.2) is 28.7 Å². The molecule has 0 unspecified atom stereocenters. The van der Waals surface area contributed by atoms with Crippen molar-refractivity contribution in [2.75, 3.05) is 6.61 Å². The lowest BCUT2D eigenvalue weighted by molar-refractivity contribution is -0.148. The largest absolute Gasteiger partial charge is 0.455 e. The van der Waals surface area contributed by atoms with Crippen LogP contribution in [-0.2, 0) is 20.7 Å². The number of rotatable bonds is 5. The molecule has 1 N–H and O–H groups in total.